The average molecular weight is 380 g/mol. The molecule has 1 aliphatic rings. The van der Waals surface area contributed by atoms with Gasteiger partial charge >= 0.3 is 5.97 Å². The van der Waals surface area contributed by atoms with Gasteiger partial charge in [-0.15, -0.1) is 0 Å². The smallest absolute Gasteiger partial charge is 0.336 e. The highest BCUT2D eigenvalue weighted by molar-refractivity contribution is 5.89. The zero-order valence-electron chi connectivity index (χ0n) is 15.0. The summed E-state index contributed by atoms with van der Waals surface area (Å²) >= 11 is 0. The number of nitrogens with zero attached hydrogens (tertiary/aromatic N) is 1. The number of benzene rings is 2. The lowest BCUT2D eigenvalue weighted by atomic mass is 9.94. The molecule has 4 rings (SSSR count). The van der Waals surface area contributed by atoms with Crippen LogP contribution in [0, 0.1) is 11.6 Å². The normalized spacial score (nSPS) is 15.4. The molecule has 2 aromatic carbocycles. The number of halogens is 2. The number of nitrogens with one attached hydrogen (secondary N) is 1. The molecule has 0 bridgehead atoms. The van der Waals surface area contributed by atoms with Crippen molar-refractivity contribution in [2.45, 2.75) is 25.4 Å². The molecule has 2 N–H and O–H groups in total. The molecule has 142 valence electrons. The summed E-state index contributed by atoms with van der Waals surface area (Å²) in [6, 6.07) is 10.9. The van der Waals surface area contributed by atoms with Crippen molar-refractivity contribution in [2.75, 3.05) is 0 Å². The van der Waals surface area contributed by atoms with Crippen molar-refractivity contribution in [2.24, 2.45) is 0 Å². The lowest BCUT2D eigenvalue weighted by Gasteiger charge is -2.13. The molecular formula is C22H18F2N2O2. The number of rotatable bonds is 5. The second-order valence-corrected chi connectivity index (χ2v) is 6.85. The summed E-state index contributed by atoms with van der Waals surface area (Å²) in [6.45, 7) is 0.648. The third kappa shape index (κ3) is 3.51. The lowest BCUT2D eigenvalue weighted by Crippen LogP contribution is -2.13. The molecule has 0 saturated heterocycles. The van der Waals surface area contributed by atoms with Crippen molar-refractivity contribution in [1.82, 2.24) is 10.3 Å². The quantitative estimate of drug-likeness (QED) is 0.684. The second-order valence-electron chi connectivity index (χ2n) is 6.85. The van der Waals surface area contributed by atoms with Crippen LogP contribution in [0.1, 0.15) is 39.5 Å². The van der Waals surface area contributed by atoms with E-state index in [1.165, 1.54) is 24.4 Å². The SMILES string of the molecule is O=C(O)c1ccncc1CC[C@@H]1NCc2cc(-c3ccc(F)cc3F)ccc21. The summed E-state index contributed by atoms with van der Waals surface area (Å²) in [6.07, 6.45) is 4.38. The number of aromatic nitrogens is 1. The molecule has 0 radical (unpaired) electrons. The Balaban J connectivity index is 1.53. The van der Waals surface area contributed by atoms with E-state index < -0.39 is 17.6 Å². The first-order valence-corrected chi connectivity index (χ1v) is 9.01. The number of aryl methyl sites for hydroxylation is 1. The standard InChI is InChI=1S/C22H18F2N2O2/c23-16-3-5-17(20(24)10-16)13-1-4-18-15(9-13)12-26-21(18)6-2-14-11-25-8-7-19(14)22(27)28/h1,3-5,7-11,21,26H,2,6,12H2,(H,27,28)/t21-/m0/s1. The van der Waals surface area contributed by atoms with Gasteiger partial charge in [-0.3, -0.25) is 4.98 Å². The Morgan fingerprint density at radius 3 is 2.82 bits per heavy atom. The second kappa shape index (κ2) is 7.48. The molecule has 4 nitrogen and oxygen atoms in total. The number of hydrogen-bond donors (Lipinski definition) is 2. The predicted molar refractivity (Wildman–Crippen MR) is 101 cm³/mol. The summed E-state index contributed by atoms with van der Waals surface area (Å²) in [7, 11) is 0. The minimum Gasteiger partial charge on any atom is -0.478 e. The van der Waals surface area contributed by atoms with E-state index in [1.54, 1.807) is 6.20 Å². The number of hydrogen-bond acceptors (Lipinski definition) is 3. The van der Waals surface area contributed by atoms with Crippen LogP contribution in [0.25, 0.3) is 11.1 Å². The minimum absolute atomic E-state index is 0.0870. The number of carboxylic acid groups (broad SMARTS) is 1. The van der Waals surface area contributed by atoms with Gasteiger partial charge in [-0.25, -0.2) is 13.6 Å². The van der Waals surface area contributed by atoms with Crippen LogP contribution in [0.5, 0.6) is 0 Å². The lowest BCUT2D eigenvalue weighted by molar-refractivity contribution is 0.0695. The Labute approximate surface area is 160 Å². The monoisotopic (exact) mass is 380 g/mol. The molecular weight excluding hydrogens is 362 g/mol. The van der Waals surface area contributed by atoms with Gasteiger partial charge in [-0.05, 0) is 59.4 Å². The maximum Gasteiger partial charge on any atom is 0.336 e. The van der Waals surface area contributed by atoms with Crippen molar-refractivity contribution in [3.63, 3.8) is 0 Å². The van der Waals surface area contributed by atoms with Gasteiger partial charge in [0.05, 0.1) is 5.56 Å². The number of aromatic carboxylic acids is 1. The number of pyridine rings is 1. The van der Waals surface area contributed by atoms with Gasteiger partial charge in [-0.1, -0.05) is 12.1 Å². The van der Waals surface area contributed by atoms with Gasteiger partial charge < -0.3 is 10.4 Å². The molecule has 0 aliphatic carbocycles. The highest BCUT2D eigenvalue weighted by atomic mass is 19.1. The largest absolute Gasteiger partial charge is 0.478 e. The van der Waals surface area contributed by atoms with Gasteiger partial charge in [0.15, 0.2) is 0 Å². The minimum atomic E-state index is -0.955. The molecule has 1 atom stereocenters. The number of carbonyl (C=O) groups is 1. The first-order valence-electron chi connectivity index (χ1n) is 9.01. The van der Waals surface area contributed by atoms with Gasteiger partial charge in [0.1, 0.15) is 11.6 Å². The molecule has 1 aliphatic heterocycles. The molecule has 0 fully saturated rings. The van der Waals surface area contributed by atoms with Gasteiger partial charge in [0.2, 0.25) is 0 Å². The van der Waals surface area contributed by atoms with Crippen LogP contribution in [0.15, 0.2) is 54.9 Å². The summed E-state index contributed by atoms with van der Waals surface area (Å²) in [5, 5.41) is 12.7. The maximum atomic E-state index is 14.1. The molecule has 0 amide bonds. The van der Waals surface area contributed by atoms with E-state index in [1.807, 2.05) is 18.2 Å². The van der Waals surface area contributed by atoms with Gasteiger partial charge in [-0.2, -0.15) is 0 Å². The highest BCUT2D eigenvalue weighted by Crippen LogP contribution is 2.33. The number of fused-ring (bicyclic) bond motifs is 1. The first kappa shape index (κ1) is 18.3. The van der Waals surface area contributed by atoms with Crippen molar-refractivity contribution in [3.8, 4) is 11.1 Å². The van der Waals surface area contributed by atoms with Crippen molar-refractivity contribution in [1.29, 1.82) is 0 Å². The van der Waals surface area contributed by atoms with E-state index in [-0.39, 0.29) is 11.6 Å². The fourth-order valence-electron chi connectivity index (χ4n) is 3.73. The van der Waals surface area contributed by atoms with Crippen LogP contribution >= 0.6 is 0 Å². The Hall–Kier alpha value is -3.12. The van der Waals surface area contributed by atoms with E-state index in [9.17, 15) is 18.7 Å². The number of carboxylic acids is 1. The zero-order valence-corrected chi connectivity index (χ0v) is 15.0. The van der Waals surface area contributed by atoms with Crippen molar-refractivity contribution >= 4 is 5.97 Å². The van der Waals surface area contributed by atoms with Crippen LogP contribution < -0.4 is 5.32 Å². The Morgan fingerprint density at radius 1 is 1.18 bits per heavy atom. The first-order chi connectivity index (χ1) is 13.5. The summed E-state index contributed by atoms with van der Waals surface area (Å²) in [5.74, 6) is -2.14. The average Bonchev–Trinajstić information content (AvgIpc) is 3.08. The molecule has 6 heteroatoms. The fraction of sp³-hybridized carbons (Fsp3) is 0.182. The maximum absolute atomic E-state index is 14.1. The van der Waals surface area contributed by atoms with Crippen LogP contribution in [0.4, 0.5) is 8.78 Å². The molecule has 1 aromatic heterocycles. The van der Waals surface area contributed by atoms with Crippen LogP contribution in [-0.4, -0.2) is 16.1 Å². The predicted octanol–water partition coefficient (Wildman–Crippen LogP) is 4.50. The van der Waals surface area contributed by atoms with E-state index >= 15 is 0 Å². The van der Waals surface area contributed by atoms with Crippen molar-refractivity contribution < 1.29 is 18.7 Å². The van der Waals surface area contributed by atoms with Gasteiger partial charge in [0, 0.05) is 36.6 Å². The Bertz CT molecular complexity index is 1050. The zero-order chi connectivity index (χ0) is 19.7. The fourth-order valence-corrected chi connectivity index (χ4v) is 3.73. The van der Waals surface area contributed by atoms with Crippen LogP contribution in [-0.2, 0) is 13.0 Å². The van der Waals surface area contributed by atoms with Crippen LogP contribution in [0.2, 0.25) is 0 Å². The Morgan fingerprint density at radius 2 is 2.04 bits per heavy atom. The summed E-state index contributed by atoms with van der Waals surface area (Å²) in [4.78, 5) is 15.4. The van der Waals surface area contributed by atoms with Crippen molar-refractivity contribution in [3.05, 3.63) is 88.7 Å². The molecule has 2 heterocycles. The Kier molecular flexibility index (Phi) is 4.88. The van der Waals surface area contributed by atoms with E-state index in [4.69, 9.17) is 0 Å². The van der Waals surface area contributed by atoms with E-state index in [0.717, 1.165) is 23.6 Å². The molecule has 0 spiro atoms. The van der Waals surface area contributed by atoms with Crippen LogP contribution in [0.3, 0.4) is 0 Å². The molecule has 0 unspecified atom stereocenters. The van der Waals surface area contributed by atoms with Gasteiger partial charge in [0.25, 0.3) is 0 Å². The highest BCUT2D eigenvalue weighted by Gasteiger charge is 2.23. The molecule has 3 aromatic rings. The summed E-state index contributed by atoms with van der Waals surface area (Å²) in [5.41, 5.74) is 4.24. The van der Waals surface area contributed by atoms with E-state index in [0.29, 0.717) is 29.7 Å². The molecule has 28 heavy (non-hydrogen) atoms. The third-order valence-corrected chi connectivity index (χ3v) is 5.14. The van der Waals surface area contributed by atoms with E-state index in [2.05, 4.69) is 10.3 Å². The third-order valence-electron chi connectivity index (χ3n) is 5.14. The molecule has 0 saturated carbocycles. The topological polar surface area (TPSA) is 62.2 Å². The summed E-state index contributed by atoms with van der Waals surface area (Å²) < 4.78 is 27.2.